The fourth-order valence-corrected chi connectivity index (χ4v) is 7.39. The van der Waals surface area contributed by atoms with Crippen LogP contribution in [0.5, 0.6) is 0 Å². The Kier molecular flexibility index (Phi) is 5.51. The lowest BCUT2D eigenvalue weighted by molar-refractivity contribution is 0.0700. The van der Waals surface area contributed by atoms with E-state index in [0.717, 1.165) is 84.6 Å². The Morgan fingerprint density at radius 2 is 1.98 bits per heavy atom. The molecule has 8 rings (SSSR count). The van der Waals surface area contributed by atoms with E-state index < -0.39 is 0 Å². The largest absolute Gasteiger partial charge is 0.391 e. The number of fused-ring (bicyclic) bond motifs is 4. The minimum absolute atomic E-state index is 0.0571. The molecule has 9 heteroatoms. The first-order valence-electron chi connectivity index (χ1n) is 14.9. The van der Waals surface area contributed by atoms with Gasteiger partial charge in [-0.05, 0) is 87.6 Å². The lowest BCUT2D eigenvalue weighted by Crippen LogP contribution is -2.41. The number of amides is 1. The number of rotatable bonds is 5. The van der Waals surface area contributed by atoms with Gasteiger partial charge in [0.15, 0.2) is 0 Å². The molecule has 4 aromatic rings. The molecule has 40 heavy (non-hydrogen) atoms. The minimum atomic E-state index is -0.296. The number of aliphatic hydroxyl groups excluding tert-OH is 1. The van der Waals surface area contributed by atoms with Crippen molar-refractivity contribution in [1.82, 2.24) is 24.1 Å². The number of likely N-dealkylation sites (tertiary alicyclic amines) is 1. The van der Waals surface area contributed by atoms with Crippen molar-refractivity contribution in [3.63, 3.8) is 0 Å². The second-order valence-corrected chi connectivity index (χ2v) is 12.6. The van der Waals surface area contributed by atoms with E-state index in [1.165, 1.54) is 12.8 Å². The molecule has 2 aliphatic carbocycles. The number of aliphatic hydroxyl groups is 1. The summed E-state index contributed by atoms with van der Waals surface area (Å²) in [5.74, 6) is 2.08. The van der Waals surface area contributed by atoms with Gasteiger partial charge in [0, 0.05) is 55.4 Å². The third kappa shape index (κ3) is 3.85. The third-order valence-corrected chi connectivity index (χ3v) is 9.87. The molecule has 0 radical (unpaired) electrons. The van der Waals surface area contributed by atoms with Gasteiger partial charge in [-0.2, -0.15) is 5.10 Å². The Morgan fingerprint density at radius 1 is 1.10 bits per heavy atom. The van der Waals surface area contributed by atoms with Crippen LogP contribution in [0.2, 0.25) is 0 Å². The zero-order valence-electron chi connectivity index (χ0n) is 23.0. The Hall–Kier alpha value is -3.43. The predicted molar refractivity (Wildman–Crippen MR) is 154 cm³/mol. The molecule has 4 aliphatic rings. The summed E-state index contributed by atoms with van der Waals surface area (Å²) >= 11 is 0. The van der Waals surface area contributed by atoms with Crippen molar-refractivity contribution >= 4 is 28.3 Å². The molecule has 4 aromatic heterocycles. The first-order chi connectivity index (χ1) is 19.4. The van der Waals surface area contributed by atoms with Gasteiger partial charge in [-0.15, -0.1) is 0 Å². The maximum atomic E-state index is 13.5. The number of hydrogen-bond donors (Lipinski definition) is 2. The van der Waals surface area contributed by atoms with Crippen LogP contribution in [0.25, 0.3) is 27.9 Å². The number of hydrogen-bond acceptors (Lipinski definition) is 6. The highest BCUT2D eigenvalue weighted by molar-refractivity contribution is 5.95. The highest BCUT2D eigenvalue weighted by Gasteiger charge is 2.46. The number of nitrogens with zero attached hydrogens (tertiary/aromatic N) is 6. The fraction of sp³-hybridized carbons (Fsp3) is 0.516. The van der Waals surface area contributed by atoms with E-state index in [1.807, 2.05) is 27.7 Å². The Labute approximate surface area is 233 Å². The molecule has 4 fully saturated rings. The molecule has 4 atom stereocenters. The molecular weight excluding hydrogens is 502 g/mol. The minimum Gasteiger partial charge on any atom is -0.391 e. The van der Waals surface area contributed by atoms with Crippen molar-refractivity contribution in [2.24, 2.45) is 17.6 Å². The molecule has 3 N–H and O–H groups in total. The number of pyridine rings is 2. The Bertz CT molecular complexity index is 1640. The number of carbonyl (C=O) groups excluding carboxylic acids is 1. The van der Waals surface area contributed by atoms with Crippen LogP contribution in [0.15, 0.2) is 36.5 Å². The second-order valence-electron chi connectivity index (χ2n) is 12.6. The lowest BCUT2D eigenvalue weighted by atomic mass is 10.1. The number of β-amino-alcohol motifs (C(OH)–C–C–N with tert-alkyl or cyclic N) is 1. The number of carbonyl (C=O) groups is 1. The fourth-order valence-electron chi connectivity index (χ4n) is 7.39. The van der Waals surface area contributed by atoms with Gasteiger partial charge in [0.05, 0.1) is 22.9 Å². The summed E-state index contributed by atoms with van der Waals surface area (Å²) in [6.45, 7) is 5.35. The molecule has 208 valence electrons. The van der Waals surface area contributed by atoms with Crippen molar-refractivity contribution in [2.45, 2.75) is 70.2 Å². The second kappa shape index (κ2) is 9.04. The van der Waals surface area contributed by atoms with Crippen LogP contribution < -0.4 is 10.6 Å². The summed E-state index contributed by atoms with van der Waals surface area (Å²) in [4.78, 5) is 22.8. The van der Waals surface area contributed by atoms with Gasteiger partial charge in [0.1, 0.15) is 17.2 Å². The van der Waals surface area contributed by atoms with Crippen LogP contribution in [0.4, 0.5) is 5.82 Å². The molecule has 2 unspecified atom stereocenters. The van der Waals surface area contributed by atoms with Gasteiger partial charge in [-0.1, -0.05) is 0 Å². The number of aromatic nitrogens is 4. The zero-order valence-corrected chi connectivity index (χ0v) is 23.0. The van der Waals surface area contributed by atoms with Crippen molar-refractivity contribution < 1.29 is 9.90 Å². The summed E-state index contributed by atoms with van der Waals surface area (Å²) in [5.41, 5.74) is 12.1. The molecule has 0 aromatic carbocycles. The maximum absolute atomic E-state index is 13.5. The van der Waals surface area contributed by atoms with Crippen LogP contribution in [0, 0.1) is 18.8 Å². The summed E-state index contributed by atoms with van der Waals surface area (Å²) in [5, 5.41) is 16.4. The average Bonchev–Trinajstić information content (AvgIpc) is 3.37. The van der Waals surface area contributed by atoms with Crippen LogP contribution in [0.3, 0.4) is 0 Å². The van der Waals surface area contributed by atoms with Gasteiger partial charge in [-0.3, -0.25) is 4.79 Å². The lowest BCUT2D eigenvalue weighted by Gasteiger charge is -2.31. The molecule has 2 saturated heterocycles. The Balaban J connectivity index is 1.18. The quantitative estimate of drug-likeness (QED) is 0.402. The van der Waals surface area contributed by atoms with Crippen molar-refractivity contribution in [3.8, 4) is 11.4 Å². The van der Waals surface area contributed by atoms with E-state index in [-0.39, 0.29) is 24.1 Å². The van der Waals surface area contributed by atoms with Crippen molar-refractivity contribution in [1.29, 1.82) is 0 Å². The van der Waals surface area contributed by atoms with Crippen LogP contribution >= 0.6 is 0 Å². The van der Waals surface area contributed by atoms with Crippen LogP contribution in [-0.4, -0.2) is 72.9 Å². The summed E-state index contributed by atoms with van der Waals surface area (Å²) < 4.78 is 4.22. The maximum Gasteiger partial charge on any atom is 0.255 e. The normalized spacial score (nSPS) is 26.5. The standard InChI is InChI=1S/C31H37N7O2/c1-18-24-9-7-22(31(40)37-15-21-6-10-25(37)28(21)32)16-38(24)34-29(18)26-13-20-8-11-27(35-12-2-3-23(39)17-35)33-30(20)36(26)14-19-4-5-19/h7-9,11,13,16,19,21,23,25,28,39H,2-6,10,12,14-15,17,32H2,1H3/t21?,23-,25?,28-/m1/s1. The highest BCUT2D eigenvalue weighted by atomic mass is 16.3. The SMILES string of the molecule is Cc1c(-c2cc3ccc(N4CCC[C@@H](O)C4)nc3n2CC2CC2)nn2cc(C(=O)N3CC4CCC3[C@@H]4N)ccc12. The summed E-state index contributed by atoms with van der Waals surface area (Å²) in [7, 11) is 0. The molecule has 6 heterocycles. The van der Waals surface area contributed by atoms with Gasteiger partial charge >= 0.3 is 0 Å². The first kappa shape index (κ1) is 24.4. The first-order valence-corrected chi connectivity index (χ1v) is 14.9. The van der Waals surface area contributed by atoms with Crippen molar-refractivity contribution in [3.05, 3.63) is 47.7 Å². The molecule has 0 spiro atoms. The van der Waals surface area contributed by atoms with Gasteiger partial charge in [0.2, 0.25) is 0 Å². The van der Waals surface area contributed by atoms with Crippen LogP contribution in [-0.2, 0) is 6.54 Å². The van der Waals surface area contributed by atoms with E-state index >= 15 is 0 Å². The van der Waals surface area contributed by atoms with E-state index in [0.29, 0.717) is 23.9 Å². The van der Waals surface area contributed by atoms with Gasteiger partial charge in [0.25, 0.3) is 5.91 Å². The van der Waals surface area contributed by atoms with E-state index in [4.69, 9.17) is 15.8 Å². The topological polar surface area (TPSA) is 105 Å². The molecule has 2 saturated carbocycles. The monoisotopic (exact) mass is 539 g/mol. The number of anilines is 1. The molecular formula is C31H37N7O2. The molecule has 2 bridgehead atoms. The number of nitrogens with two attached hydrogens (primary N) is 1. The summed E-state index contributed by atoms with van der Waals surface area (Å²) in [6, 6.07) is 10.7. The number of aryl methyl sites for hydroxylation is 1. The average molecular weight is 540 g/mol. The van der Waals surface area contributed by atoms with Gasteiger partial charge < -0.3 is 25.2 Å². The molecule has 1 amide bonds. The highest BCUT2D eigenvalue weighted by Crippen LogP contribution is 2.39. The predicted octanol–water partition coefficient (Wildman–Crippen LogP) is 3.59. The molecule has 9 nitrogen and oxygen atoms in total. The Morgan fingerprint density at radius 3 is 2.73 bits per heavy atom. The zero-order chi connectivity index (χ0) is 27.1. The molecule has 2 aliphatic heterocycles. The smallest absolute Gasteiger partial charge is 0.255 e. The van der Waals surface area contributed by atoms with E-state index in [9.17, 15) is 9.90 Å². The third-order valence-electron chi connectivity index (χ3n) is 9.87. The van der Waals surface area contributed by atoms with E-state index in [1.54, 1.807) is 0 Å². The van der Waals surface area contributed by atoms with Gasteiger partial charge in [-0.25, -0.2) is 9.50 Å². The number of piperidine rings is 2. The van der Waals surface area contributed by atoms with Crippen molar-refractivity contribution in [2.75, 3.05) is 24.5 Å². The van der Waals surface area contributed by atoms with E-state index in [2.05, 4.69) is 34.6 Å². The summed E-state index contributed by atoms with van der Waals surface area (Å²) in [6.07, 6.45) is 8.04. The van der Waals surface area contributed by atoms with Crippen LogP contribution in [0.1, 0.15) is 54.4 Å².